The Balaban J connectivity index is 2.07. The summed E-state index contributed by atoms with van der Waals surface area (Å²) in [6.07, 6.45) is 0.331. The van der Waals surface area contributed by atoms with Gasteiger partial charge in [0.25, 0.3) is 0 Å². The SMILES string of the molecule is COC(OC)C(O)CC1CCOc2ccccc21. The van der Waals surface area contributed by atoms with Crippen molar-refractivity contribution >= 4 is 0 Å². The molecule has 0 radical (unpaired) electrons. The highest BCUT2D eigenvalue weighted by Crippen LogP contribution is 2.36. The predicted octanol–water partition coefficient (Wildman–Crippen LogP) is 1.92. The summed E-state index contributed by atoms with van der Waals surface area (Å²) in [4.78, 5) is 0. The van der Waals surface area contributed by atoms with Gasteiger partial charge in [-0.1, -0.05) is 18.2 Å². The van der Waals surface area contributed by atoms with Crippen molar-refractivity contribution in [2.45, 2.75) is 31.2 Å². The van der Waals surface area contributed by atoms with Crippen LogP contribution in [-0.2, 0) is 9.47 Å². The summed E-state index contributed by atoms with van der Waals surface area (Å²) in [7, 11) is 3.07. The molecule has 2 unspecified atom stereocenters. The molecule has 4 nitrogen and oxygen atoms in total. The number of hydrogen-bond acceptors (Lipinski definition) is 4. The van der Waals surface area contributed by atoms with Gasteiger partial charge in [-0.3, -0.25) is 0 Å². The minimum Gasteiger partial charge on any atom is -0.493 e. The first-order valence-corrected chi connectivity index (χ1v) is 6.21. The van der Waals surface area contributed by atoms with Crippen LogP contribution in [-0.4, -0.2) is 38.3 Å². The van der Waals surface area contributed by atoms with Gasteiger partial charge in [-0.15, -0.1) is 0 Å². The van der Waals surface area contributed by atoms with Crippen molar-refractivity contribution in [1.29, 1.82) is 0 Å². The molecule has 2 atom stereocenters. The van der Waals surface area contributed by atoms with Crippen LogP contribution in [0.2, 0.25) is 0 Å². The van der Waals surface area contributed by atoms with E-state index in [0.29, 0.717) is 13.0 Å². The van der Waals surface area contributed by atoms with E-state index in [1.54, 1.807) is 0 Å². The number of fused-ring (bicyclic) bond motifs is 1. The molecule has 1 aliphatic rings. The van der Waals surface area contributed by atoms with E-state index < -0.39 is 12.4 Å². The lowest BCUT2D eigenvalue weighted by Gasteiger charge is -2.29. The largest absolute Gasteiger partial charge is 0.493 e. The lowest BCUT2D eigenvalue weighted by Crippen LogP contribution is -2.32. The highest BCUT2D eigenvalue weighted by atomic mass is 16.7. The Morgan fingerprint density at radius 3 is 2.78 bits per heavy atom. The zero-order valence-corrected chi connectivity index (χ0v) is 10.8. The molecule has 18 heavy (non-hydrogen) atoms. The zero-order valence-electron chi connectivity index (χ0n) is 10.8. The summed E-state index contributed by atoms with van der Waals surface area (Å²) in [5, 5.41) is 10.1. The first-order valence-electron chi connectivity index (χ1n) is 6.21. The molecule has 0 spiro atoms. The lowest BCUT2D eigenvalue weighted by atomic mass is 9.88. The van der Waals surface area contributed by atoms with E-state index in [1.165, 1.54) is 14.2 Å². The molecule has 4 heteroatoms. The van der Waals surface area contributed by atoms with Crippen LogP contribution in [0.1, 0.15) is 24.3 Å². The van der Waals surface area contributed by atoms with E-state index in [-0.39, 0.29) is 5.92 Å². The maximum absolute atomic E-state index is 10.1. The van der Waals surface area contributed by atoms with E-state index in [2.05, 4.69) is 6.07 Å². The molecule has 0 fully saturated rings. The summed E-state index contributed by atoms with van der Waals surface area (Å²) >= 11 is 0. The second-order valence-electron chi connectivity index (χ2n) is 4.51. The van der Waals surface area contributed by atoms with Crippen molar-refractivity contribution in [2.75, 3.05) is 20.8 Å². The Bertz CT molecular complexity index is 376. The molecule has 0 amide bonds. The molecule has 0 bridgehead atoms. The fraction of sp³-hybridized carbons (Fsp3) is 0.571. The first kappa shape index (κ1) is 13.3. The molecule has 2 rings (SSSR count). The quantitative estimate of drug-likeness (QED) is 0.813. The van der Waals surface area contributed by atoms with E-state index in [1.807, 2.05) is 18.2 Å². The third kappa shape index (κ3) is 2.83. The lowest BCUT2D eigenvalue weighted by molar-refractivity contribution is -0.167. The molecule has 1 aromatic carbocycles. The van der Waals surface area contributed by atoms with Gasteiger partial charge in [-0.2, -0.15) is 0 Å². The van der Waals surface area contributed by atoms with Crippen molar-refractivity contribution in [1.82, 2.24) is 0 Å². The number of ether oxygens (including phenoxy) is 3. The fourth-order valence-electron chi connectivity index (χ4n) is 2.47. The van der Waals surface area contributed by atoms with Crippen LogP contribution in [0, 0.1) is 0 Å². The molecule has 1 N–H and O–H groups in total. The number of aliphatic hydroxyl groups is 1. The van der Waals surface area contributed by atoms with E-state index in [9.17, 15) is 5.11 Å². The molecule has 0 aromatic heterocycles. The van der Waals surface area contributed by atoms with Crippen LogP contribution < -0.4 is 4.74 Å². The van der Waals surface area contributed by atoms with Crippen molar-refractivity contribution in [3.63, 3.8) is 0 Å². The number of aliphatic hydroxyl groups excluding tert-OH is 1. The summed E-state index contributed by atoms with van der Waals surface area (Å²) in [6.45, 7) is 0.693. The predicted molar refractivity (Wildman–Crippen MR) is 67.7 cm³/mol. The van der Waals surface area contributed by atoms with Gasteiger partial charge < -0.3 is 19.3 Å². The van der Waals surface area contributed by atoms with Crippen molar-refractivity contribution in [3.05, 3.63) is 29.8 Å². The van der Waals surface area contributed by atoms with Crippen molar-refractivity contribution in [2.24, 2.45) is 0 Å². The van der Waals surface area contributed by atoms with Crippen LogP contribution in [0.4, 0.5) is 0 Å². The third-order valence-corrected chi connectivity index (χ3v) is 3.39. The van der Waals surface area contributed by atoms with Gasteiger partial charge in [0.1, 0.15) is 11.9 Å². The number of rotatable bonds is 5. The van der Waals surface area contributed by atoms with Gasteiger partial charge in [0.15, 0.2) is 6.29 Å². The van der Waals surface area contributed by atoms with Gasteiger partial charge in [-0.25, -0.2) is 0 Å². The number of hydrogen-bond donors (Lipinski definition) is 1. The second-order valence-corrected chi connectivity index (χ2v) is 4.51. The second kappa shape index (κ2) is 6.18. The Labute approximate surface area is 107 Å². The molecule has 0 saturated heterocycles. The van der Waals surface area contributed by atoms with Gasteiger partial charge in [0, 0.05) is 14.2 Å². The highest BCUT2D eigenvalue weighted by molar-refractivity contribution is 5.37. The third-order valence-electron chi connectivity index (χ3n) is 3.39. The van der Waals surface area contributed by atoms with Crippen molar-refractivity contribution in [3.8, 4) is 5.75 Å². The number of para-hydroxylation sites is 1. The maximum Gasteiger partial charge on any atom is 0.182 e. The standard InChI is InChI=1S/C14H20O4/c1-16-14(17-2)12(15)9-10-7-8-18-13-6-4-3-5-11(10)13/h3-6,10,12,14-15H,7-9H2,1-2H3. The van der Waals surface area contributed by atoms with Crippen LogP contribution in [0.25, 0.3) is 0 Å². The molecule has 1 aliphatic heterocycles. The number of methoxy groups -OCH3 is 2. The average molecular weight is 252 g/mol. The molecular formula is C14H20O4. The fourth-order valence-corrected chi connectivity index (χ4v) is 2.47. The van der Waals surface area contributed by atoms with Crippen LogP contribution in [0.3, 0.4) is 0 Å². The highest BCUT2D eigenvalue weighted by Gasteiger charge is 2.27. The monoisotopic (exact) mass is 252 g/mol. The number of benzene rings is 1. The van der Waals surface area contributed by atoms with Gasteiger partial charge >= 0.3 is 0 Å². The Kier molecular flexibility index (Phi) is 4.58. The van der Waals surface area contributed by atoms with E-state index in [4.69, 9.17) is 14.2 Å². The summed E-state index contributed by atoms with van der Waals surface area (Å²) in [5.74, 6) is 1.21. The molecule has 0 saturated carbocycles. The maximum atomic E-state index is 10.1. The molecule has 100 valence electrons. The normalized spacial score (nSPS) is 20.3. The Morgan fingerprint density at radius 2 is 2.06 bits per heavy atom. The van der Waals surface area contributed by atoms with Crippen LogP contribution in [0.5, 0.6) is 5.75 Å². The Morgan fingerprint density at radius 1 is 1.33 bits per heavy atom. The topological polar surface area (TPSA) is 47.9 Å². The van der Waals surface area contributed by atoms with E-state index >= 15 is 0 Å². The molecule has 1 aromatic rings. The molecule has 0 aliphatic carbocycles. The Hall–Kier alpha value is -1.10. The summed E-state index contributed by atoms with van der Waals surface area (Å²) in [6, 6.07) is 7.99. The van der Waals surface area contributed by atoms with Crippen molar-refractivity contribution < 1.29 is 19.3 Å². The molecule has 1 heterocycles. The minimum atomic E-state index is -0.629. The summed E-state index contributed by atoms with van der Waals surface area (Å²) in [5.41, 5.74) is 1.16. The molecular weight excluding hydrogens is 232 g/mol. The smallest absolute Gasteiger partial charge is 0.182 e. The van der Waals surface area contributed by atoms with Gasteiger partial charge in [0.05, 0.1) is 6.61 Å². The minimum absolute atomic E-state index is 0.290. The average Bonchev–Trinajstić information content (AvgIpc) is 2.40. The van der Waals surface area contributed by atoms with Gasteiger partial charge in [0.2, 0.25) is 0 Å². The zero-order chi connectivity index (χ0) is 13.0. The van der Waals surface area contributed by atoms with Crippen LogP contribution in [0.15, 0.2) is 24.3 Å². The van der Waals surface area contributed by atoms with E-state index in [0.717, 1.165) is 17.7 Å². The van der Waals surface area contributed by atoms with Crippen LogP contribution >= 0.6 is 0 Å². The van der Waals surface area contributed by atoms with Gasteiger partial charge in [-0.05, 0) is 30.4 Å². The summed E-state index contributed by atoms with van der Waals surface area (Å²) < 4.78 is 15.8. The first-order chi connectivity index (χ1) is 8.76.